The van der Waals surface area contributed by atoms with Crippen LogP contribution in [-0.2, 0) is 4.74 Å². The fraction of sp³-hybridized carbons (Fsp3) is 0.304. The number of carbonyl (C=O) groups is 1. The smallest absolute Gasteiger partial charge is 0.256 e. The summed E-state index contributed by atoms with van der Waals surface area (Å²) >= 11 is 0. The molecule has 1 aliphatic heterocycles. The van der Waals surface area contributed by atoms with Crippen molar-refractivity contribution in [1.29, 1.82) is 0 Å². The van der Waals surface area contributed by atoms with E-state index in [9.17, 15) is 9.90 Å². The van der Waals surface area contributed by atoms with Crippen LogP contribution >= 0.6 is 0 Å². The molecule has 0 aliphatic carbocycles. The molecule has 1 amide bonds. The number of hydrogen-bond acceptors (Lipinski definition) is 7. The normalized spacial score (nSPS) is 16.5. The topological polar surface area (TPSA) is 103 Å². The second-order valence-electron chi connectivity index (χ2n) is 7.22. The number of carbonyl (C=O) groups excluding carboxylic acids is 1. The summed E-state index contributed by atoms with van der Waals surface area (Å²) in [5.41, 5.74) is 1.29. The van der Waals surface area contributed by atoms with Crippen LogP contribution in [-0.4, -0.2) is 44.5 Å². The van der Waals surface area contributed by atoms with Gasteiger partial charge in [0.1, 0.15) is 28.4 Å². The number of phenols is 1. The number of nitrogens with one attached hydrogen (secondary N) is 1. The number of ether oxygens (including phenoxy) is 3. The minimum Gasteiger partial charge on any atom is -0.508 e. The summed E-state index contributed by atoms with van der Waals surface area (Å²) in [5.74, 6) is 0.852. The number of aromatic hydroxyl groups is 1. The Balaban J connectivity index is 1.78. The first kappa shape index (κ1) is 20.7. The van der Waals surface area contributed by atoms with Crippen LogP contribution in [0.4, 0.5) is 5.69 Å². The first-order chi connectivity index (χ1) is 15.1. The Morgan fingerprint density at radius 2 is 1.94 bits per heavy atom. The minimum atomic E-state index is -0.317. The van der Waals surface area contributed by atoms with Crippen LogP contribution in [0.5, 0.6) is 17.2 Å². The van der Waals surface area contributed by atoms with Crippen molar-refractivity contribution >= 4 is 22.6 Å². The molecule has 31 heavy (non-hydrogen) atoms. The van der Waals surface area contributed by atoms with E-state index >= 15 is 0 Å². The predicted octanol–water partition coefficient (Wildman–Crippen LogP) is 3.30. The van der Waals surface area contributed by atoms with Gasteiger partial charge in [0.25, 0.3) is 5.91 Å². The van der Waals surface area contributed by atoms with Crippen LogP contribution in [0.15, 0.2) is 51.9 Å². The van der Waals surface area contributed by atoms with E-state index in [-0.39, 0.29) is 28.9 Å². The summed E-state index contributed by atoms with van der Waals surface area (Å²) in [5, 5.41) is 13.4. The van der Waals surface area contributed by atoms with Crippen molar-refractivity contribution in [3.63, 3.8) is 0 Å². The molecule has 2 aromatic carbocycles. The Morgan fingerprint density at radius 3 is 2.61 bits per heavy atom. The number of nitrogens with zero attached hydrogens (tertiary/aromatic N) is 1. The molecule has 4 rings (SSSR count). The van der Waals surface area contributed by atoms with Crippen LogP contribution in [0.2, 0.25) is 0 Å². The number of rotatable bonds is 6. The molecule has 2 heterocycles. The van der Waals surface area contributed by atoms with E-state index in [0.717, 1.165) is 12.8 Å². The third-order valence-electron chi connectivity index (χ3n) is 5.06. The first-order valence-electron chi connectivity index (χ1n) is 10.00. The van der Waals surface area contributed by atoms with E-state index in [1.54, 1.807) is 44.6 Å². The van der Waals surface area contributed by atoms with Gasteiger partial charge in [-0.15, -0.1) is 0 Å². The van der Waals surface area contributed by atoms with Gasteiger partial charge in [0.15, 0.2) is 0 Å². The van der Waals surface area contributed by atoms with Crippen molar-refractivity contribution in [3.05, 3.63) is 53.6 Å². The zero-order chi connectivity index (χ0) is 21.8. The number of amides is 1. The van der Waals surface area contributed by atoms with Crippen molar-refractivity contribution in [1.82, 2.24) is 5.32 Å². The summed E-state index contributed by atoms with van der Waals surface area (Å²) in [6, 6.07) is 11.5. The number of fused-ring (bicyclic) bond motifs is 1. The highest BCUT2D eigenvalue weighted by Gasteiger charge is 2.19. The van der Waals surface area contributed by atoms with Gasteiger partial charge in [-0.2, -0.15) is 0 Å². The van der Waals surface area contributed by atoms with Gasteiger partial charge >= 0.3 is 0 Å². The van der Waals surface area contributed by atoms with Gasteiger partial charge in [-0.05, 0) is 31.0 Å². The molecular weight excluding hydrogens is 400 g/mol. The van der Waals surface area contributed by atoms with E-state index in [0.29, 0.717) is 41.3 Å². The van der Waals surface area contributed by atoms with Crippen molar-refractivity contribution < 1.29 is 28.5 Å². The molecule has 1 atom stereocenters. The SMILES string of the molecule is COc1cc(N=c2oc3cc(O)ccc3cc2C(=O)NC[C@H]2CCCO2)cc(OC)c1. The zero-order valence-electron chi connectivity index (χ0n) is 17.4. The Bertz CT molecular complexity index is 1140. The van der Waals surface area contributed by atoms with Gasteiger partial charge in [0.2, 0.25) is 5.55 Å². The molecule has 3 aromatic rings. The van der Waals surface area contributed by atoms with Gasteiger partial charge < -0.3 is 29.1 Å². The van der Waals surface area contributed by atoms with Crippen LogP contribution < -0.4 is 20.3 Å². The summed E-state index contributed by atoms with van der Waals surface area (Å²) in [4.78, 5) is 17.5. The standard InChI is InChI=1S/C23H24N2O6/c1-28-18-9-15(10-19(12-18)29-2)25-23-20(22(27)24-13-17-4-3-7-30-17)8-14-5-6-16(26)11-21(14)31-23/h5-6,8-12,17,26H,3-4,7,13H2,1-2H3,(H,24,27)/t17-/m1/s1. The van der Waals surface area contributed by atoms with Crippen LogP contribution in [0.25, 0.3) is 11.0 Å². The largest absolute Gasteiger partial charge is 0.508 e. The highest BCUT2D eigenvalue weighted by atomic mass is 16.5. The summed E-state index contributed by atoms with van der Waals surface area (Å²) in [6.45, 7) is 1.13. The molecule has 8 heteroatoms. The van der Waals surface area contributed by atoms with E-state index in [1.165, 1.54) is 12.1 Å². The van der Waals surface area contributed by atoms with Crippen LogP contribution in [0.3, 0.4) is 0 Å². The monoisotopic (exact) mass is 424 g/mol. The van der Waals surface area contributed by atoms with Crippen molar-refractivity contribution in [2.45, 2.75) is 18.9 Å². The third-order valence-corrected chi connectivity index (χ3v) is 5.06. The molecule has 0 spiro atoms. The summed E-state index contributed by atoms with van der Waals surface area (Å²) in [6.07, 6.45) is 1.93. The maximum Gasteiger partial charge on any atom is 0.256 e. The van der Waals surface area contributed by atoms with Crippen LogP contribution in [0, 0.1) is 0 Å². The number of benzene rings is 2. The highest BCUT2D eigenvalue weighted by molar-refractivity contribution is 5.96. The molecule has 1 aromatic heterocycles. The lowest BCUT2D eigenvalue weighted by Gasteiger charge is -2.11. The molecule has 2 N–H and O–H groups in total. The zero-order valence-corrected chi connectivity index (χ0v) is 17.4. The van der Waals surface area contributed by atoms with Gasteiger partial charge in [-0.3, -0.25) is 4.79 Å². The Hall–Kier alpha value is -3.52. The lowest BCUT2D eigenvalue weighted by molar-refractivity contribution is 0.0854. The average molecular weight is 424 g/mol. The Labute approximate surface area is 179 Å². The van der Waals surface area contributed by atoms with Gasteiger partial charge in [-0.25, -0.2) is 4.99 Å². The molecular formula is C23H24N2O6. The number of hydrogen-bond donors (Lipinski definition) is 2. The quantitative estimate of drug-likeness (QED) is 0.630. The number of methoxy groups -OCH3 is 2. The van der Waals surface area contributed by atoms with Crippen molar-refractivity contribution in [2.75, 3.05) is 27.4 Å². The molecule has 8 nitrogen and oxygen atoms in total. The molecule has 0 bridgehead atoms. The molecule has 0 unspecified atom stereocenters. The predicted molar refractivity (Wildman–Crippen MR) is 114 cm³/mol. The lowest BCUT2D eigenvalue weighted by Crippen LogP contribution is -2.34. The van der Waals surface area contributed by atoms with Crippen LogP contribution in [0.1, 0.15) is 23.2 Å². The molecule has 0 saturated carbocycles. The molecule has 1 saturated heterocycles. The number of phenolic OH excluding ortho intramolecular Hbond substituents is 1. The molecule has 162 valence electrons. The third kappa shape index (κ3) is 4.80. The molecule has 1 aliphatic rings. The maximum absolute atomic E-state index is 13.0. The summed E-state index contributed by atoms with van der Waals surface area (Å²) in [7, 11) is 3.09. The van der Waals surface area contributed by atoms with E-state index in [2.05, 4.69) is 10.3 Å². The fourth-order valence-electron chi connectivity index (χ4n) is 3.43. The average Bonchev–Trinajstić information content (AvgIpc) is 3.30. The Morgan fingerprint density at radius 1 is 1.16 bits per heavy atom. The van der Waals surface area contributed by atoms with E-state index < -0.39 is 0 Å². The van der Waals surface area contributed by atoms with E-state index in [4.69, 9.17) is 18.6 Å². The molecule has 0 radical (unpaired) electrons. The Kier molecular flexibility index (Phi) is 6.08. The second kappa shape index (κ2) is 9.09. The minimum absolute atomic E-state index is 0.0151. The molecule has 1 fully saturated rings. The first-order valence-corrected chi connectivity index (χ1v) is 10.00. The lowest BCUT2D eigenvalue weighted by atomic mass is 10.1. The highest BCUT2D eigenvalue weighted by Crippen LogP contribution is 2.28. The van der Waals surface area contributed by atoms with Gasteiger partial charge in [0, 0.05) is 42.8 Å². The van der Waals surface area contributed by atoms with E-state index in [1.807, 2.05) is 0 Å². The van der Waals surface area contributed by atoms with Gasteiger partial charge in [0.05, 0.1) is 26.0 Å². The van der Waals surface area contributed by atoms with Crippen molar-refractivity contribution in [2.24, 2.45) is 4.99 Å². The fourth-order valence-corrected chi connectivity index (χ4v) is 3.43. The maximum atomic E-state index is 13.0. The van der Waals surface area contributed by atoms with Crippen molar-refractivity contribution in [3.8, 4) is 17.2 Å². The second-order valence-corrected chi connectivity index (χ2v) is 7.22. The summed E-state index contributed by atoms with van der Waals surface area (Å²) < 4.78 is 22.1. The van der Waals surface area contributed by atoms with Gasteiger partial charge in [-0.1, -0.05) is 0 Å².